The molecule has 1 saturated carbocycles. The van der Waals surface area contributed by atoms with Crippen molar-refractivity contribution in [1.82, 2.24) is 20.2 Å². The van der Waals surface area contributed by atoms with Gasteiger partial charge in [-0.1, -0.05) is 0 Å². The van der Waals surface area contributed by atoms with Crippen molar-refractivity contribution in [2.45, 2.75) is 63.5 Å². The topological polar surface area (TPSA) is 96.3 Å². The van der Waals surface area contributed by atoms with Crippen molar-refractivity contribution >= 4 is 11.9 Å². The van der Waals surface area contributed by atoms with Gasteiger partial charge >= 0.3 is 5.97 Å². The van der Waals surface area contributed by atoms with E-state index in [1.165, 1.54) is 0 Å². The van der Waals surface area contributed by atoms with Crippen molar-refractivity contribution in [3.05, 3.63) is 18.2 Å². The first-order valence-electron chi connectivity index (χ1n) is 9.38. The summed E-state index contributed by atoms with van der Waals surface area (Å²) in [6.07, 6.45) is 9.94. The summed E-state index contributed by atoms with van der Waals surface area (Å²) in [4.78, 5) is 27.7. The van der Waals surface area contributed by atoms with Crippen molar-refractivity contribution < 1.29 is 14.7 Å². The van der Waals surface area contributed by atoms with E-state index in [1.54, 1.807) is 0 Å². The number of piperidine rings is 1. The summed E-state index contributed by atoms with van der Waals surface area (Å²) >= 11 is 0. The largest absolute Gasteiger partial charge is 0.481 e. The Morgan fingerprint density at radius 2 is 1.92 bits per heavy atom. The van der Waals surface area contributed by atoms with Crippen LogP contribution in [0.5, 0.6) is 0 Å². The van der Waals surface area contributed by atoms with Gasteiger partial charge in [0.2, 0.25) is 5.91 Å². The van der Waals surface area contributed by atoms with E-state index in [-0.39, 0.29) is 17.9 Å². The number of nitrogens with one attached hydrogen (secondary N) is 2. The van der Waals surface area contributed by atoms with Gasteiger partial charge in [-0.3, -0.25) is 9.59 Å². The van der Waals surface area contributed by atoms with Gasteiger partial charge in [-0.05, 0) is 51.6 Å². The Bertz CT molecular complexity index is 587. The highest BCUT2D eigenvalue weighted by atomic mass is 16.4. The minimum absolute atomic E-state index is 0.0404. The summed E-state index contributed by atoms with van der Waals surface area (Å²) in [5, 5.41) is 15.5. The third kappa shape index (κ3) is 4.81. The number of aliphatic carboxylic acids is 1. The van der Waals surface area contributed by atoms with Crippen molar-refractivity contribution in [3.8, 4) is 0 Å². The van der Waals surface area contributed by atoms with Gasteiger partial charge in [0.05, 0.1) is 5.92 Å². The Hall–Kier alpha value is -1.89. The third-order valence-corrected chi connectivity index (χ3v) is 5.47. The summed E-state index contributed by atoms with van der Waals surface area (Å²) in [5.41, 5.74) is 0. The first-order valence-corrected chi connectivity index (χ1v) is 9.38. The number of imidazole rings is 1. The molecular weight excluding hydrogens is 320 g/mol. The number of aromatic nitrogens is 2. The van der Waals surface area contributed by atoms with E-state index in [9.17, 15) is 9.59 Å². The lowest BCUT2D eigenvalue weighted by atomic mass is 9.86. The number of rotatable bonds is 6. The van der Waals surface area contributed by atoms with Gasteiger partial charge in [0.25, 0.3) is 0 Å². The second-order valence-electron chi connectivity index (χ2n) is 7.19. The minimum atomic E-state index is -0.713. The lowest BCUT2D eigenvalue weighted by Gasteiger charge is -2.27. The quantitative estimate of drug-likeness (QED) is 0.724. The summed E-state index contributed by atoms with van der Waals surface area (Å²) in [6.45, 7) is 2.06. The third-order valence-electron chi connectivity index (χ3n) is 5.47. The Labute approximate surface area is 148 Å². The maximum Gasteiger partial charge on any atom is 0.306 e. The standard InChI is InChI=1S/C18H28N4O3/c23-17(21-14-3-1-13(2-4-14)18(24)25)6-5-16-20-11-12-22(16)15-7-9-19-10-8-15/h11-15,19H,1-10H2,(H,21,23)(H,24,25). The van der Waals surface area contributed by atoms with Crippen LogP contribution in [0.3, 0.4) is 0 Å². The number of nitrogens with zero attached hydrogens (tertiary/aromatic N) is 2. The van der Waals surface area contributed by atoms with Crippen molar-refractivity contribution in [2.24, 2.45) is 5.92 Å². The SMILES string of the molecule is O=C(CCc1nccn1C1CCNCC1)NC1CCC(C(=O)O)CC1. The number of hydrogen-bond acceptors (Lipinski definition) is 4. The molecule has 0 bridgehead atoms. The molecule has 1 aliphatic heterocycles. The Balaban J connectivity index is 1.44. The molecule has 1 amide bonds. The molecule has 3 N–H and O–H groups in total. The Morgan fingerprint density at radius 3 is 2.60 bits per heavy atom. The lowest BCUT2D eigenvalue weighted by molar-refractivity contribution is -0.142. The Kier molecular flexibility index (Phi) is 6.07. The lowest BCUT2D eigenvalue weighted by Crippen LogP contribution is -2.38. The van der Waals surface area contributed by atoms with E-state index in [1.807, 2.05) is 12.4 Å². The van der Waals surface area contributed by atoms with Crippen LogP contribution in [0, 0.1) is 5.92 Å². The van der Waals surface area contributed by atoms with Gasteiger partial charge in [-0.2, -0.15) is 0 Å². The predicted molar refractivity (Wildman–Crippen MR) is 93.2 cm³/mol. The first-order chi connectivity index (χ1) is 12.1. The zero-order valence-corrected chi connectivity index (χ0v) is 14.6. The molecule has 0 radical (unpaired) electrons. The summed E-state index contributed by atoms with van der Waals surface area (Å²) in [7, 11) is 0. The van der Waals surface area contributed by atoms with Crippen LogP contribution in [0.25, 0.3) is 0 Å². The number of aryl methyl sites for hydroxylation is 1. The fraction of sp³-hybridized carbons (Fsp3) is 0.722. The molecule has 3 rings (SSSR count). The number of carbonyl (C=O) groups excluding carboxylic acids is 1. The first kappa shape index (κ1) is 17.9. The summed E-state index contributed by atoms with van der Waals surface area (Å²) in [6, 6.07) is 0.598. The van der Waals surface area contributed by atoms with Gasteiger partial charge < -0.3 is 20.3 Å². The van der Waals surface area contributed by atoms with E-state index >= 15 is 0 Å². The molecule has 0 atom stereocenters. The van der Waals surface area contributed by atoms with E-state index in [2.05, 4.69) is 20.2 Å². The highest BCUT2D eigenvalue weighted by Crippen LogP contribution is 2.24. The van der Waals surface area contributed by atoms with E-state index in [0.717, 1.165) is 44.6 Å². The van der Waals surface area contributed by atoms with E-state index in [0.29, 0.717) is 31.7 Å². The molecule has 7 heteroatoms. The molecule has 1 aliphatic carbocycles. The fourth-order valence-electron chi connectivity index (χ4n) is 3.96. The summed E-state index contributed by atoms with van der Waals surface area (Å²) < 4.78 is 2.23. The van der Waals surface area contributed by atoms with Crippen LogP contribution >= 0.6 is 0 Å². The molecule has 0 unspecified atom stereocenters. The van der Waals surface area contributed by atoms with Crippen LogP contribution in [0.15, 0.2) is 12.4 Å². The highest BCUT2D eigenvalue weighted by Gasteiger charge is 2.26. The minimum Gasteiger partial charge on any atom is -0.481 e. The zero-order chi connectivity index (χ0) is 17.6. The zero-order valence-electron chi connectivity index (χ0n) is 14.6. The second kappa shape index (κ2) is 8.47. The normalized spacial score (nSPS) is 24.8. The van der Waals surface area contributed by atoms with Crippen molar-refractivity contribution in [3.63, 3.8) is 0 Å². The molecule has 2 aliphatic rings. The number of carboxylic acid groups (broad SMARTS) is 1. The van der Waals surface area contributed by atoms with Crippen LogP contribution in [0.2, 0.25) is 0 Å². The average Bonchev–Trinajstić information content (AvgIpc) is 3.10. The van der Waals surface area contributed by atoms with Crippen LogP contribution in [-0.4, -0.2) is 45.7 Å². The van der Waals surface area contributed by atoms with Gasteiger partial charge in [0.1, 0.15) is 5.82 Å². The van der Waals surface area contributed by atoms with Gasteiger partial charge in [-0.25, -0.2) is 4.98 Å². The molecule has 138 valence electrons. The van der Waals surface area contributed by atoms with Crippen LogP contribution in [0.1, 0.15) is 56.8 Å². The molecule has 0 spiro atoms. The molecular formula is C18H28N4O3. The maximum atomic E-state index is 12.2. The van der Waals surface area contributed by atoms with Crippen molar-refractivity contribution in [1.29, 1.82) is 0 Å². The molecule has 25 heavy (non-hydrogen) atoms. The smallest absolute Gasteiger partial charge is 0.306 e. The molecule has 1 aromatic heterocycles. The van der Waals surface area contributed by atoms with Crippen LogP contribution < -0.4 is 10.6 Å². The molecule has 2 fully saturated rings. The number of carboxylic acids is 1. The molecule has 1 aromatic rings. The van der Waals surface area contributed by atoms with Crippen molar-refractivity contribution in [2.75, 3.05) is 13.1 Å². The number of carbonyl (C=O) groups is 2. The molecule has 7 nitrogen and oxygen atoms in total. The monoisotopic (exact) mass is 348 g/mol. The second-order valence-corrected chi connectivity index (χ2v) is 7.19. The number of hydrogen-bond donors (Lipinski definition) is 3. The maximum absolute atomic E-state index is 12.2. The summed E-state index contributed by atoms with van der Waals surface area (Å²) in [5.74, 6) is 0.0652. The average molecular weight is 348 g/mol. The van der Waals surface area contributed by atoms with Crippen LogP contribution in [-0.2, 0) is 16.0 Å². The van der Waals surface area contributed by atoms with Gasteiger partial charge in [-0.15, -0.1) is 0 Å². The highest BCUT2D eigenvalue weighted by molar-refractivity contribution is 5.76. The van der Waals surface area contributed by atoms with E-state index < -0.39 is 5.97 Å². The predicted octanol–water partition coefficient (Wildman–Crippen LogP) is 1.50. The van der Waals surface area contributed by atoms with Crippen LogP contribution in [0.4, 0.5) is 0 Å². The molecule has 2 heterocycles. The molecule has 1 saturated heterocycles. The van der Waals surface area contributed by atoms with Gasteiger partial charge in [0, 0.05) is 37.3 Å². The molecule has 0 aromatic carbocycles. The Morgan fingerprint density at radius 1 is 1.20 bits per heavy atom. The van der Waals surface area contributed by atoms with Gasteiger partial charge in [0.15, 0.2) is 0 Å². The number of amides is 1. The fourth-order valence-corrected chi connectivity index (χ4v) is 3.96. The van der Waals surface area contributed by atoms with E-state index in [4.69, 9.17) is 5.11 Å².